The van der Waals surface area contributed by atoms with Crippen molar-refractivity contribution in [2.45, 2.75) is 40.5 Å². The third-order valence-electron chi connectivity index (χ3n) is 3.80. The van der Waals surface area contributed by atoms with Crippen molar-refractivity contribution < 1.29 is 4.74 Å². The fraction of sp³-hybridized carbons (Fsp3) is 0.381. The number of aryl methyl sites for hydroxylation is 1. The lowest BCUT2D eigenvalue weighted by atomic mass is 10.1. The van der Waals surface area contributed by atoms with Crippen LogP contribution in [0.3, 0.4) is 0 Å². The molecule has 0 aliphatic carbocycles. The second-order valence-corrected chi connectivity index (χ2v) is 5.99. The highest BCUT2D eigenvalue weighted by Gasteiger charge is 2.00. The number of halogens is 1. The smallest absolute Gasteiger partial charge is 0.191 e. The summed E-state index contributed by atoms with van der Waals surface area (Å²) in [5.74, 6) is 0.836. The van der Waals surface area contributed by atoms with Crippen molar-refractivity contribution in [2.75, 3.05) is 13.2 Å². The normalized spacial score (nSPS) is 11.0. The Morgan fingerprint density at radius 3 is 2.35 bits per heavy atom. The molecule has 0 unspecified atom stereocenters. The van der Waals surface area contributed by atoms with E-state index in [1.165, 1.54) is 22.3 Å². The zero-order valence-electron chi connectivity index (χ0n) is 15.9. The van der Waals surface area contributed by atoms with Gasteiger partial charge in [0.15, 0.2) is 5.96 Å². The van der Waals surface area contributed by atoms with Gasteiger partial charge in [-0.3, -0.25) is 0 Å². The van der Waals surface area contributed by atoms with E-state index in [0.717, 1.165) is 25.7 Å². The number of aliphatic imine (C=N–C) groups is 1. The predicted molar refractivity (Wildman–Crippen MR) is 120 cm³/mol. The van der Waals surface area contributed by atoms with Crippen LogP contribution in [0.2, 0.25) is 0 Å². The van der Waals surface area contributed by atoms with Crippen LogP contribution in [-0.2, 0) is 24.4 Å². The van der Waals surface area contributed by atoms with Gasteiger partial charge in [0, 0.05) is 19.7 Å². The zero-order chi connectivity index (χ0) is 17.9. The predicted octanol–water partition coefficient (Wildman–Crippen LogP) is 4.40. The third kappa shape index (κ3) is 8.19. The summed E-state index contributed by atoms with van der Waals surface area (Å²) in [5, 5.41) is 6.69. The van der Waals surface area contributed by atoms with Gasteiger partial charge in [0.05, 0.1) is 13.2 Å². The summed E-state index contributed by atoms with van der Waals surface area (Å²) in [6.45, 7) is 9.86. The highest BCUT2D eigenvalue weighted by atomic mass is 127. The lowest BCUT2D eigenvalue weighted by Gasteiger charge is -2.12. The topological polar surface area (TPSA) is 45.7 Å². The molecular weight excluding hydrogens is 437 g/mol. The van der Waals surface area contributed by atoms with Gasteiger partial charge in [-0.25, -0.2) is 4.99 Å². The average Bonchev–Trinajstić information content (AvgIpc) is 2.63. The molecule has 2 N–H and O–H groups in total. The Balaban J connectivity index is 0.00000338. The number of benzene rings is 2. The Hall–Kier alpha value is -1.60. The Labute approximate surface area is 174 Å². The number of nitrogens with zero attached hydrogens (tertiary/aromatic N) is 1. The van der Waals surface area contributed by atoms with E-state index in [1.807, 2.05) is 6.92 Å². The van der Waals surface area contributed by atoms with Gasteiger partial charge >= 0.3 is 0 Å². The van der Waals surface area contributed by atoms with Crippen LogP contribution < -0.4 is 10.6 Å². The lowest BCUT2D eigenvalue weighted by Crippen LogP contribution is -2.36. The molecule has 2 aromatic carbocycles. The van der Waals surface area contributed by atoms with Gasteiger partial charge in [-0.1, -0.05) is 54.1 Å². The van der Waals surface area contributed by atoms with Crippen molar-refractivity contribution >= 4 is 29.9 Å². The Morgan fingerprint density at radius 2 is 1.69 bits per heavy atom. The first-order valence-corrected chi connectivity index (χ1v) is 8.94. The van der Waals surface area contributed by atoms with E-state index in [-0.39, 0.29) is 24.0 Å². The molecule has 0 aliphatic heterocycles. The number of nitrogens with one attached hydrogen (secondary N) is 2. The van der Waals surface area contributed by atoms with Crippen molar-refractivity contribution in [3.63, 3.8) is 0 Å². The molecule has 4 nitrogen and oxygen atoms in total. The van der Waals surface area contributed by atoms with E-state index >= 15 is 0 Å². The Kier molecular flexibility index (Phi) is 11.0. The fourth-order valence-electron chi connectivity index (χ4n) is 2.48. The van der Waals surface area contributed by atoms with Gasteiger partial charge in [0.25, 0.3) is 0 Å². The highest BCUT2D eigenvalue weighted by Crippen LogP contribution is 2.07. The molecule has 0 bridgehead atoms. The molecule has 0 amide bonds. The molecule has 0 spiro atoms. The first-order valence-electron chi connectivity index (χ1n) is 8.94. The van der Waals surface area contributed by atoms with E-state index in [1.54, 1.807) is 0 Å². The van der Waals surface area contributed by atoms with E-state index in [4.69, 9.17) is 4.74 Å². The van der Waals surface area contributed by atoms with Crippen molar-refractivity contribution in [3.05, 3.63) is 70.8 Å². The first kappa shape index (κ1) is 22.4. The summed E-state index contributed by atoms with van der Waals surface area (Å²) in [5.41, 5.74) is 4.90. The molecular formula is C21H30IN3O. The summed E-state index contributed by atoms with van der Waals surface area (Å²) in [6, 6.07) is 16.9. The molecule has 0 radical (unpaired) electrons. The minimum absolute atomic E-state index is 0. The van der Waals surface area contributed by atoms with Crippen LogP contribution in [0.1, 0.15) is 36.1 Å². The number of rotatable bonds is 8. The lowest BCUT2D eigenvalue weighted by molar-refractivity contribution is 0.134. The summed E-state index contributed by atoms with van der Waals surface area (Å²) in [7, 11) is 0. The molecule has 0 atom stereocenters. The van der Waals surface area contributed by atoms with E-state index in [0.29, 0.717) is 13.2 Å². The largest absolute Gasteiger partial charge is 0.377 e. The monoisotopic (exact) mass is 467 g/mol. The van der Waals surface area contributed by atoms with E-state index < -0.39 is 0 Å². The summed E-state index contributed by atoms with van der Waals surface area (Å²) >= 11 is 0. The molecule has 0 aliphatic rings. The van der Waals surface area contributed by atoms with Crippen molar-refractivity contribution in [1.29, 1.82) is 0 Å². The molecule has 5 heteroatoms. The summed E-state index contributed by atoms with van der Waals surface area (Å²) in [4.78, 5) is 4.67. The second-order valence-electron chi connectivity index (χ2n) is 5.99. The Bertz CT molecular complexity index is 671. The van der Waals surface area contributed by atoms with Gasteiger partial charge in [-0.15, -0.1) is 24.0 Å². The van der Waals surface area contributed by atoms with Crippen LogP contribution in [0.5, 0.6) is 0 Å². The molecule has 2 rings (SSSR count). The Morgan fingerprint density at radius 1 is 0.962 bits per heavy atom. The number of guanidine groups is 1. The molecule has 0 saturated carbocycles. The molecule has 0 saturated heterocycles. The van der Waals surface area contributed by atoms with E-state index in [2.05, 4.69) is 78.0 Å². The maximum Gasteiger partial charge on any atom is 0.191 e. The van der Waals surface area contributed by atoms with Crippen LogP contribution in [0.15, 0.2) is 53.5 Å². The maximum absolute atomic E-state index is 5.43. The average molecular weight is 467 g/mol. The number of hydrogen-bond acceptors (Lipinski definition) is 2. The van der Waals surface area contributed by atoms with Crippen molar-refractivity contribution in [1.82, 2.24) is 10.6 Å². The third-order valence-corrected chi connectivity index (χ3v) is 3.80. The van der Waals surface area contributed by atoms with Crippen LogP contribution in [0, 0.1) is 6.92 Å². The molecule has 142 valence electrons. The van der Waals surface area contributed by atoms with Crippen molar-refractivity contribution in [2.24, 2.45) is 4.99 Å². The molecule has 26 heavy (non-hydrogen) atoms. The molecule has 0 aromatic heterocycles. The molecule has 0 fully saturated rings. The van der Waals surface area contributed by atoms with Crippen LogP contribution in [-0.4, -0.2) is 19.1 Å². The number of hydrogen-bond donors (Lipinski definition) is 2. The van der Waals surface area contributed by atoms with Crippen LogP contribution in [0.25, 0.3) is 0 Å². The van der Waals surface area contributed by atoms with Crippen LogP contribution in [0.4, 0.5) is 0 Å². The SMILES string of the molecule is CCNC(=NCc1cccc(C)c1)NCc1ccc(COCC)cc1.I. The van der Waals surface area contributed by atoms with Crippen molar-refractivity contribution in [3.8, 4) is 0 Å². The molecule has 0 heterocycles. The fourth-order valence-corrected chi connectivity index (χ4v) is 2.48. The molecule has 2 aromatic rings. The van der Waals surface area contributed by atoms with Gasteiger partial charge in [0.2, 0.25) is 0 Å². The summed E-state index contributed by atoms with van der Waals surface area (Å²) in [6.07, 6.45) is 0. The standard InChI is InChI=1S/C21H29N3O.HI/c1-4-22-21(24-15-20-8-6-7-17(3)13-20)23-14-18-9-11-19(12-10-18)16-25-5-2;/h6-13H,4-5,14-16H2,1-3H3,(H2,22,23,24);1H. The maximum atomic E-state index is 5.43. The highest BCUT2D eigenvalue weighted by molar-refractivity contribution is 14.0. The van der Waals surface area contributed by atoms with Gasteiger partial charge in [-0.05, 0) is 37.5 Å². The van der Waals surface area contributed by atoms with Gasteiger partial charge in [-0.2, -0.15) is 0 Å². The first-order chi connectivity index (χ1) is 12.2. The van der Waals surface area contributed by atoms with E-state index in [9.17, 15) is 0 Å². The van der Waals surface area contributed by atoms with Gasteiger partial charge in [0.1, 0.15) is 0 Å². The zero-order valence-corrected chi connectivity index (χ0v) is 18.2. The number of ether oxygens (including phenoxy) is 1. The van der Waals surface area contributed by atoms with Gasteiger partial charge < -0.3 is 15.4 Å². The minimum Gasteiger partial charge on any atom is -0.377 e. The quantitative estimate of drug-likeness (QED) is 0.344. The second kappa shape index (κ2) is 12.7. The summed E-state index contributed by atoms with van der Waals surface area (Å²) < 4.78 is 5.43. The minimum atomic E-state index is 0. The van der Waals surface area contributed by atoms with Crippen LogP contribution >= 0.6 is 24.0 Å².